The van der Waals surface area contributed by atoms with Gasteiger partial charge in [-0.15, -0.1) is 11.8 Å². The van der Waals surface area contributed by atoms with Gasteiger partial charge in [0.05, 0.1) is 5.88 Å². The predicted molar refractivity (Wildman–Crippen MR) is 60.3 cm³/mol. The molecule has 2 aromatic rings. The molecule has 3 heteroatoms. The van der Waals surface area contributed by atoms with Crippen LogP contribution in [-0.4, -0.2) is 5.88 Å². The lowest BCUT2D eigenvalue weighted by Gasteiger charge is -2.08. The number of benzene rings is 1. The quantitative estimate of drug-likeness (QED) is 0.706. The Hall–Kier alpha value is -1.35. The molecule has 0 saturated carbocycles. The smallest absolute Gasteiger partial charge is 0.201 e. The Bertz CT molecular complexity index is 456. The van der Waals surface area contributed by atoms with E-state index in [-0.39, 0.29) is 0 Å². The highest BCUT2D eigenvalue weighted by molar-refractivity contribution is 8.02. The van der Waals surface area contributed by atoms with Gasteiger partial charge in [-0.1, -0.05) is 18.2 Å². The zero-order valence-corrected chi connectivity index (χ0v) is 8.33. The summed E-state index contributed by atoms with van der Waals surface area (Å²) in [7, 11) is 0. The van der Waals surface area contributed by atoms with E-state index in [0.29, 0.717) is 0 Å². The first-order chi connectivity index (χ1) is 6.93. The van der Waals surface area contributed by atoms with Gasteiger partial charge in [0.25, 0.3) is 0 Å². The van der Waals surface area contributed by atoms with Crippen LogP contribution in [0.15, 0.2) is 46.4 Å². The van der Waals surface area contributed by atoms with Crippen molar-refractivity contribution >= 4 is 28.6 Å². The number of anilines is 1. The fourth-order valence-corrected chi connectivity index (χ4v) is 2.22. The van der Waals surface area contributed by atoms with Gasteiger partial charge in [-0.2, -0.15) is 0 Å². The molecule has 0 radical (unpaired) electrons. The van der Waals surface area contributed by atoms with E-state index in [0.717, 1.165) is 22.7 Å². The molecule has 0 atom stereocenters. The van der Waals surface area contributed by atoms with Crippen LogP contribution in [0.25, 0.3) is 11.0 Å². The fourth-order valence-electron chi connectivity index (χ4n) is 1.53. The lowest BCUT2D eigenvalue weighted by atomic mass is 10.3. The molecule has 1 aromatic carbocycles. The zero-order valence-electron chi connectivity index (χ0n) is 7.51. The van der Waals surface area contributed by atoms with E-state index in [9.17, 15) is 0 Å². The van der Waals surface area contributed by atoms with Crippen molar-refractivity contribution in [3.8, 4) is 0 Å². The Morgan fingerprint density at radius 2 is 2.21 bits per heavy atom. The number of para-hydroxylation sites is 1. The summed E-state index contributed by atoms with van der Waals surface area (Å²) in [5.74, 6) is 1.87. The van der Waals surface area contributed by atoms with Gasteiger partial charge >= 0.3 is 0 Å². The number of nitrogens with zero attached hydrogens (tertiary/aromatic N) is 1. The van der Waals surface area contributed by atoms with Crippen LogP contribution in [0.5, 0.6) is 0 Å². The first-order valence-electron chi connectivity index (χ1n) is 4.47. The maximum Gasteiger partial charge on any atom is 0.201 e. The summed E-state index contributed by atoms with van der Waals surface area (Å²) in [5.41, 5.74) is 0.952. The molecule has 70 valence electrons. The molecule has 0 unspecified atom stereocenters. The van der Waals surface area contributed by atoms with Crippen molar-refractivity contribution in [2.75, 3.05) is 10.8 Å². The molecule has 0 saturated heterocycles. The van der Waals surface area contributed by atoms with Crippen molar-refractivity contribution in [2.24, 2.45) is 0 Å². The molecule has 1 aliphatic heterocycles. The second kappa shape index (κ2) is 3.10. The summed E-state index contributed by atoms with van der Waals surface area (Å²) in [4.78, 5) is 2.10. The molecule has 3 rings (SSSR count). The monoisotopic (exact) mass is 203 g/mol. The van der Waals surface area contributed by atoms with Gasteiger partial charge in [0.15, 0.2) is 0 Å². The van der Waals surface area contributed by atoms with Crippen LogP contribution in [0.4, 0.5) is 5.88 Å². The number of furan rings is 1. The Kier molecular flexibility index (Phi) is 1.77. The van der Waals surface area contributed by atoms with Gasteiger partial charge in [-0.3, -0.25) is 0 Å². The van der Waals surface area contributed by atoms with Crippen LogP contribution in [0.2, 0.25) is 0 Å². The summed E-state index contributed by atoms with van der Waals surface area (Å²) >= 11 is 1.77. The molecule has 2 heterocycles. The SMILES string of the molecule is C1=CN(c2cc3ccccc3o2)CS1. The molecule has 0 fully saturated rings. The molecule has 0 N–H and O–H groups in total. The first-order valence-corrected chi connectivity index (χ1v) is 5.52. The largest absolute Gasteiger partial charge is 0.440 e. The van der Waals surface area contributed by atoms with Gasteiger partial charge in [0.2, 0.25) is 5.88 Å². The Labute approximate surface area is 86.2 Å². The molecule has 14 heavy (non-hydrogen) atoms. The van der Waals surface area contributed by atoms with Crippen molar-refractivity contribution in [1.82, 2.24) is 0 Å². The average molecular weight is 203 g/mol. The average Bonchev–Trinajstić information content (AvgIpc) is 2.86. The molecule has 0 aliphatic carbocycles. The van der Waals surface area contributed by atoms with E-state index in [1.165, 1.54) is 0 Å². The van der Waals surface area contributed by atoms with Crippen LogP contribution >= 0.6 is 11.8 Å². The van der Waals surface area contributed by atoms with Crippen molar-refractivity contribution < 1.29 is 4.42 Å². The molecule has 0 spiro atoms. The highest BCUT2D eigenvalue weighted by Crippen LogP contribution is 2.29. The minimum Gasteiger partial charge on any atom is -0.440 e. The summed E-state index contributed by atoms with van der Waals surface area (Å²) in [6, 6.07) is 10.1. The van der Waals surface area contributed by atoms with Crippen LogP contribution in [-0.2, 0) is 0 Å². The lowest BCUT2D eigenvalue weighted by Crippen LogP contribution is -2.08. The molecular formula is C11H9NOS. The molecular weight excluding hydrogens is 194 g/mol. The summed E-state index contributed by atoms with van der Waals surface area (Å²) in [6.07, 6.45) is 2.04. The molecule has 1 aliphatic rings. The van der Waals surface area contributed by atoms with Crippen molar-refractivity contribution in [1.29, 1.82) is 0 Å². The third kappa shape index (κ3) is 1.21. The van der Waals surface area contributed by atoms with Crippen LogP contribution in [0.3, 0.4) is 0 Å². The zero-order chi connectivity index (χ0) is 9.38. The van der Waals surface area contributed by atoms with Crippen LogP contribution in [0, 0.1) is 0 Å². The standard InChI is InChI=1S/C11H9NOS/c1-2-4-10-9(3-1)7-11(13-10)12-5-6-14-8-12/h1-7H,8H2. The highest BCUT2D eigenvalue weighted by Gasteiger charge is 2.11. The molecule has 2 nitrogen and oxygen atoms in total. The van der Waals surface area contributed by atoms with Gasteiger partial charge in [0.1, 0.15) is 5.58 Å². The Balaban J connectivity index is 2.09. The normalized spacial score (nSPS) is 15.6. The Morgan fingerprint density at radius 1 is 1.29 bits per heavy atom. The number of rotatable bonds is 1. The second-order valence-electron chi connectivity index (χ2n) is 3.17. The summed E-state index contributed by atoms with van der Waals surface area (Å²) in [5, 5.41) is 3.24. The van der Waals surface area contributed by atoms with E-state index >= 15 is 0 Å². The van der Waals surface area contributed by atoms with Crippen molar-refractivity contribution in [3.63, 3.8) is 0 Å². The third-order valence-electron chi connectivity index (χ3n) is 2.25. The van der Waals surface area contributed by atoms with Gasteiger partial charge in [-0.05, 0) is 11.5 Å². The first kappa shape index (κ1) is 8.00. The molecule has 1 aromatic heterocycles. The number of fused-ring (bicyclic) bond motifs is 1. The van der Waals surface area contributed by atoms with Crippen LogP contribution in [0.1, 0.15) is 0 Å². The molecule has 0 bridgehead atoms. The topological polar surface area (TPSA) is 16.4 Å². The van der Waals surface area contributed by atoms with Gasteiger partial charge < -0.3 is 9.32 Å². The number of thioether (sulfide) groups is 1. The lowest BCUT2D eigenvalue weighted by molar-refractivity contribution is 0.614. The van der Waals surface area contributed by atoms with Gasteiger partial charge in [-0.25, -0.2) is 0 Å². The number of hydrogen-bond donors (Lipinski definition) is 0. The fraction of sp³-hybridized carbons (Fsp3) is 0.0909. The van der Waals surface area contributed by atoms with Crippen LogP contribution < -0.4 is 4.90 Å². The van der Waals surface area contributed by atoms with E-state index < -0.39 is 0 Å². The summed E-state index contributed by atoms with van der Waals surface area (Å²) in [6.45, 7) is 0. The third-order valence-corrected chi connectivity index (χ3v) is 2.99. The van der Waals surface area contributed by atoms with Crippen molar-refractivity contribution in [3.05, 3.63) is 41.9 Å². The summed E-state index contributed by atoms with van der Waals surface area (Å²) < 4.78 is 5.71. The van der Waals surface area contributed by atoms with E-state index in [1.807, 2.05) is 24.4 Å². The van der Waals surface area contributed by atoms with E-state index in [1.54, 1.807) is 11.8 Å². The van der Waals surface area contributed by atoms with E-state index in [2.05, 4.69) is 22.4 Å². The maximum atomic E-state index is 5.71. The highest BCUT2D eigenvalue weighted by atomic mass is 32.2. The minimum atomic E-state index is 0.924. The van der Waals surface area contributed by atoms with Gasteiger partial charge in [0, 0.05) is 17.7 Å². The second-order valence-corrected chi connectivity index (χ2v) is 4.04. The van der Waals surface area contributed by atoms with Crippen molar-refractivity contribution in [2.45, 2.75) is 0 Å². The molecule has 0 amide bonds. The number of hydrogen-bond acceptors (Lipinski definition) is 3. The van der Waals surface area contributed by atoms with E-state index in [4.69, 9.17) is 4.42 Å². The minimum absolute atomic E-state index is 0.924. The predicted octanol–water partition coefficient (Wildman–Crippen LogP) is 3.41. The Morgan fingerprint density at radius 3 is 3.00 bits per heavy atom. The maximum absolute atomic E-state index is 5.71.